The third kappa shape index (κ3) is 3.12. The van der Waals surface area contributed by atoms with Crippen LogP contribution in [-0.4, -0.2) is 24.5 Å². The second-order valence-corrected chi connectivity index (χ2v) is 3.26. The second kappa shape index (κ2) is 5.32. The van der Waals surface area contributed by atoms with Crippen LogP contribution in [0.5, 0.6) is 0 Å². The summed E-state index contributed by atoms with van der Waals surface area (Å²) in [6.45, 7) is 0.498. The Morgan fingerprint density at radius 2 is 2.21 bits per heavy atom. The number of hydrogen-bond donors (Lipinski definition) is 1. The molecule has 1 N–H and O–H groups in total. The summed E-state index contributed by atoms with van der Waals surface area (Å²) in [5, 5.41) is 2.65. The molecule has 0 saturated carbocycles. The van der Waals surface area contributed by atoms with E-state index in [0.717, 1.165) is 6.29 Å². The molecule has 0 aromatic heterocycles. The highest BCUT2D eigenvalue weighted by atomic mass is 16.1. The normalized spacial score (nSPS) is 22.4. The molecule has 4 nitrogen and oxygen atoms in total. The van der Waals surface area contributed by atoms with Gasteiger partial charge in [0.05, 0.1) is 0 Å². The van der Waals surface area contributed by atoms with Gasteiger partial charge in [0.2, 0.25) is 5.91 Å². The van der Waals surface area contributed by atoms with Crippen LogP contribution in [0.15, 0.2) is 12.2 Å². The molecule has 1 rings (SSSR count). The zero-order chi connectivity index (χ0) is 10.4. The van der Waals surface area contributed by atoms with Crippen molar-refractivity contribution in [2.24, 2.45) is 5.92 Å². The summed E-state index contributed by atoms with van der Waals surface area (Å²) in [6.07, 6.45) is 4.94. The fourth-order valence-corrected chi connectivity index (χ4v) is 1.42. The van der Waals surface area contributed by atoms with Crippen LogP contribution in [0.4, 0.5) is 0 Å². The molecule has 14 heavy (non-hydrogen) atoms. The molecule has 0 saturated heterocycles. The van der Waals surface area contributed by atoms with Gasteiger partial charge >= 0.3 is 0 Å². The van der Waals surface area contributed by atoms with Crippen LogP contribution in [-0.2, 0) is 14.4 Å². The Balaban J connectivity index is 2.57. The van der Waals surface area contributed by atoms with E-state index in [-0.39, 0.29) is 17.6 Å². The fourth-order valence-electron chi connectivity index (χ4n) is 1.42. The molecule has 0 aliphatic carbocycles. The van der Waals surface area contributed by atoms with Crippen molar-refractivity contribution in [3.63, 3.8) is 0 Å². The Morgan fingerprint density at radius 3 is 2.93 bits per heavy atom. The minimum Gasteiger partial charge on any atom is -0.353 e. The Labute approximate surface area is 82.4 Å². The van der Waals surface area contributed by atoms with Crippen molar-refractivity contribution < 1.29 is 14.4 Å². The van der Waals surface area contributed by atoms with E-state index in [1.165, 1.54) is 12.2 Å². The molecular formula is C10H13NO3. The van der Waals surface area contributed by atoms with Crippen LogP contribution in [0.2, 0.25) is 0 Å². The highest BCUT2D eigenvalue weighted by Gasteiger charge is 2.17. The number of carbonyl (C=O) groups excluding carboxylic acids is 3. The largest absolute Gasteiger partial charge is 0.353 e. The maximum absolute atomic E-state index is 11.4. The standard InChI is InChI=1S/C10H13NO3/c12-7-1-2-8-5-6-11-10(14)4-3-9(8)13/h3-4,7-8H,1-2,5-6H2,(H,11,14). The highest BCUT2D eigenvalue weighted by Crippen LogP contribution is 2.13. The lowest BCUT2D eigenvalue weighted by Gasteiger charge is -2.14. The number of allylic oxidation sites excluding steroid dienone is 1. The minimum absolute atomic E-state index is 0.0540. The quantitative estimate of drug-likeness (QED) is 0.655. The van der Waals surface area contributed by atoms with E-state index in [1.807, 2.05) is 0 Å². The van der Waals surface area contributed by atoms with Crippen LogP contribution in [0, 0.1) is 5.92 Å². The van der Waals surface area contributed by atoms with Gasteiger partial charge in [-0.15, -0.1) is 0 Å². The zero-order valence-electron chi connectivity index (χ0n) is 7.86. The van der Waals surface area contributed by atoms with Crippen LogP contribution >= 0.6 is 0 Å². The highest BCUT2D eigenvalue weighted by molar-refractivity contribution is 5.99. The van der Waals surface area contributed by atoms with Gasteiger partial charge in [-0.1, -0.05) is 0 Å². The van der Waals surface area contributed by atoms with E-state index >= 15 is 0 Å². The van der Waals surface area contributed by atoms with E-state index in [2.05, 4.69) is 5.32 Å². The fraction of sp³-hybridized carbons (Fsp3) is 0.500. The first-order chi connectivity index (χ1) is 6.74. The number of hydrogen-bond acceptors (Lipinski definition) is 3. The smallest absolute Gasteiger partial charge is 0.244 e. The number of carbonyl (C=O) groups is 3. The molecule has 0 radical (unpaired) electrons. The van der Waals surface area contributed by atoms with Gasteiger partial charge in [-0.25, -0.2) is 0 Å². The van der Waals surface area contributed by atoms with E-state index in [0.29, 0.717) is 25.8 Å². The molecular weight excluding hydrogens is 182 g/mol. The summed E-state index contributed by atoms with van der Waals surface area (Å²) in [7, 11) is 0. The molecule has 76 valence electrons. The van der Waals surface area contributed by atoms with Gasteiger partial charge in [0.25, 0.3) is 0 Å². The van der Waals surface area contributed by atoms with Crippen LogP contribution in [0.1, 0.15) is 19.3 Å². The molecule has 0 bridgehead atoms. The van der Waals surface area contributed by atoms with Crippen molar-refractivity contribution in [1.82, 2.24) is 5.32 Å². The van der Waals surface area contributed by atoms with Gasteiger partial charge in [-0.2, -0.15) is 0 Å². The van der Waals surface area contributed by atoms with Gasteiger partial charge in [-0.3, -0.25) is 9.59 Å². The van der Waals surface area contributed by atoms with E-state index < -0.39 is 0 Å². The average molecular weight is 195 g/mol. The van der Waals surface area contributed by atoms with Gasteiger partial charge < -0.3 is 10.1 Å². The second-order valence-electron chi connectivity index (χ2n) is 3.26. The molecule has 0 spiro atoms. The van der Waals surface area contributed by atoms with Crippen LogP contribution in [0.25, 0.3) is 0 Å². The monoisotopic (exact) mass is 195 g/mol. The zero-order valence-corrected chi connectivity index (χ0v) is 7.86. The third-order valence-corrected chi connectivity index (χ3v) is 2.23. The van der Waals surface area contributed by atoms with Crippen molar-refractivity contribution in [2.75, 3.05) is 6.54 Å². The summed E-state index contributed by atoms with van der Waals surface area (Å²) in [4.78, 5) is 32.5. The summed E-state index contributed by atoms with van der Waals surface area (Å²) in [5.74, 6) is -0.411. The third-order valence-electron chi connectivity index (χ3n) is 2.23. The van der Waals surface area contributed by atoms with Crippen molar-refractivity contribution >= 4 is 18.0 Å². The Hall–Kier alpha value is -1.45. The van der Waals surface area contributed by atoms with Crippen LogP contribution in [0.3, 0.4) is 0 Å². The van der Waals surface area contributed by atoms with Crippen LogP contribution < -0.4 is 5.32 Å². The lowest BCUT2D eigenvalue weighted by molar-refractivity contribution is -0.121. The first-order valence-electron chi connectivity index (χ1n) is 4.67. The van der Waals surface area contributed by atoms with Gasteiger partial charge in [0.1, 0.15) is 6.29 Å². The first-order valence-corrected chi connectivity index (χ1v) is 4.67. The molecule has 1 atom stereocenters. The molecule has 4 heteroatoms. The van der Waals surface area contributed by atoms with Crippen molar-refractivity contribution in [3.8, 4) is 0 Å². The lowest BCUT2D eigenvalue weighted by Crippen LogP contribution is -2.28. The topological polar surface area (TPSA) is 63.2 Å². The summed E-state index contributed by atoms with van der Waals surface area (Å²) >= 11 is 0. The van der Waals surface area contributed by atoms with E-state index in [9.17, 15) is 14.4 Å². The van der Waals surface area contributed by atoms with Gasteiger partial charge in [0.15, 0.2) is 5.78 Å². The van der Waals surface area contributed by atoms with Crippen molar-refractivity contribution in [2.45, 2.75) is 19.3 Å². The number of nitrogens with one attached hydrogen (secondary N) is 1. The minimum atomic E-state index is -0.229. The predicted octanol–water partition coefficient (Wildman–Crippen LogP) is 0.227. The summed E-state index contributed by atoms with van der Waals surface area (Å²) < 4.78 is 0. The predicted molar refractivity (Wildman–Crippen MR) is 50.6 cm³/mol. The molecule has 1 amide bonds. The average Bonchev–Trinajstić information content (AvgIpc) is 2.17. The van der Waals surface area contributed by atoms with Crippen molar-refractivity contribution in [1.29, 1.82) is 0 Å². The number of aldehydes is 1. The van der Waals surface area contributed by atoms with Gasteiger partial charge in [-0.05, 0) is 18.9 Å². The molecule has 1 aliphatic rings. The number of rotatable bonds is 3. The molecule has 0 aromatic carbocycles. The maximum atomic E-state index is 11.4. The van der Waals surface area contributed by atoms with E-state index in [1.54, 1.807) is 0 Å². The molecule has 0 fully saturated rings. The molecule has 0 aromatic rings. The Bertz CT molecular complexity index is 271. The lowest BCUT2D eigenvalue weighted by atomic mass is 9.94. The summed E-state index contributed by atoms with van der Waals surface area (Å²) in [6, 6.07) is 0. The van der Waals surface area contributed by atoms with E-state index in [4.69, 9.17) is 0 Å². The number of ketones is 1. The van der Waals surface area contributed by atoms with Crippen molar-refractivity contribution in [3.05, 3.63) is 12.2 Å². The molecule has 1 aliphatic heterocycles. The molecule has 1 heterocycles. The maximum Gasteiger partial charge on any atom is 0.244 e. The SMILES string of the molecule is O=CCCC1CCNC(=O)C=CC1=O. The summed E-state index contributed by atoms with van der Waals surface area (Å²) in [5.41, 5.74) is 0. The molecule has 1 unspecified atom stereocenters. The first kappa shape index (κ1) is 10.6. The Morgan fingerprint density at radius 1 is 1.43 bits per heavy atom. The Kier molecular flexibility index (Phi) is 4.04. The van der Waals surface area contributed by atoms with Gasteiger partial charge in [0, 0.05) is 25.0 Å². The number of amides is 1.